The lowest BCUT2D eigenvalue weighted by Crippen LogP contribution is -2.44. The Labute approximate surface area is 279 Å². The standard InChI is InChI=1S/C36H48ClN3O5S/c1-4-30-14-6-7-15-33(44-3)31-18-16-28(31)23-40-22-26(12-8-10-25-11-9-13-29(37)20-25)24-45-34-19-17-27(21-32(34)40)36(42)39-46(30,43)38-35(41)5-2/h7,9,11,13,15,17,19-21,26,28,30-31,33H,4-6,8,10,12,14,16,18,22-24H2,1-3H3,(H,38,39,41,42,43)/b15-7+/t26-,28+,30-,31-,33+,46?/m1/s1. The number of nitrogens with one attached hydrogen (secondary N) is 1. The van der Waals surface area contributed by atoms with E-state index < -0.39 is 21.1 Å². The molecule has 1 saturated carbocycles. The fourth-order valence-corrected chi connectivity index (χ4v) is 9.26. The summed E-state index contributed by atoms with van der Waals surface area (Å²) in [5.74, 6) is 0.886. The second kappa shape index (κ2) is 15.8. The molecule has 46 heavy (non-hydrogen) atoms. The van der Waals surface area contributed by atoms with Gasteiger partial charge in [0.15, 0.2) is 0 Å². The molecule has 250 valence electrons. The lowest BCUT2D eigenvalue weighted by molar-refractivity contribution is -0.119. The van der Waals surface area contributed by atoms with Crippen molar-refractivity contribution in [2.45, 2.75) is 83.0 Å². The van der Waals surface area contributed by atoms with Crippen LogP contribution >= 0.6 is 11.6 Å². The van der Waals surface area contributed by atoms with Gasteiger partial charge in [-0.05, 0) is 99.1 Å². The van der Waals surface area contributed by atoms with E-state index >= 15 is 0 Å². The Hall–Kier alpha value is -2.88. The summed E-state index contributed by atoms with van der Waals surface area (Å²) < 4.78 is 33.6. The number of anilines is 1. The third-order valence-corrected chi connectivity index (χ3v) is 12.4. The molecule has 2 aromatic carbocycles. The zero-order chi connectivity index (χ0) is 32.7. The van der Waals surface area contributed by atoms with Gasteiger partial charge in [-0.15, -0.1) is 4.36 Å². The van der Waals surface area contributed by atoms with E-state index in [0.29, 0.717) is 49.2 Å². The summed E-state index contributed by atoms with van der Waals surface area (Å²) >= 11 is 6.22. The van der Waals surface area contributed by atoms with Crippen LogP contribution in [0, 0.1) is 17.8 Å². The van der Waals surface area contributed by atoms with Crippen LogP contribution in [0.5, 0.6) is 5.75 Å². The summed E-state index contributed by atoms with van der Waals surface area (Å²) in [5.41, 5.74) is 2.43. The molecule has 2 amide bonds. The highest BCUT2D eigenvalue weighted by Crippen LogP contribution is 2.42. The molecule has 1 fully saturated rings. The van der Waals surface area contributed by atoms with Gasteiger partial charge in [-0.1, -0.05) is 49.7 Å². The van der Waals surface area contributed by atoms with Crippen molar-refractivity contribution < 1.29 is 23.3 Å². The maximum atomic E-state index is 14.3. The fraction of sp³-hybridized carbons (Fsp3) is 0.556. The molecule has 0 spiro atoms. The van der Waals surface area contributed by atoms with Crippen LogP contribution in [0.25, 0.3) is 0 Å². The van der Waals surface area contributed by atoms with Crippen LogP contribution in [0.3, 0.4) is 0 Å². The maximum absolute atomic E-state index is 14.3. The minimum Gasteiger partial charge on any atom is -0.491 e. The lowest BCUT2D eigenvalue weighted by Gasteiger charge is -2.43. The lowest BCUT2D eigenvalue weighted by atomic mass is 9.70. The smallest absolute Gasteiger partial charge is 0.286 e. The Morgan fingerprint density at radius 3 is 2.72 bits per heavy atom. The predicted molar refractivity (Wildman–Crippen MR) is 185 cm³/mol. The Balaban J connectivity index is 1.48. The van der Waals surface area contributed by atoms with E-state index in [1.165, 1.54) is 5.56 Å². The topological polar surface area (TPSA) is 97.3 Å². The highest BCUT2D eigenvalue weighted by Gasteiger charge is 2.38. The zero-order valence-corrected chi connectivity index (χ0v) is 28.9. The van der Waals surface area contributed by atoms with Gasteiger partial charge in [-0.2, -0.15) is 0 Å². The maximum Gasteiger partial charge on any atom is 0.286 e. The summed E-state index contributed by atoms with van der Waals surface area (Å²) in [6.45, 7) is 5.84. The Kier molecular flexibility index (Phi) is 11.8. The van der Waals surface area contributed by atoms with Crippen molar-refractivity contribution in [2.24, 2.45) is 22.1 Å². The number of hydrogen-bond donors (Lipinski definition) is 1. The number of halogens is 1. The third kappa shape index (κ3) is 8.33. The van der Waals surface area contributed by atoms with Crippen molar-refractivity contribution in [3.63, 3.8) is 0 Å². The number of fused-ring (bicyclic) bond motifs is 2. The first-order valence-corrected chi connectivity index (χ1v) is 18.7. The summed E-state index contributed by atoms with van der Waals surface area (Å²) in [6, 6.07) is 13.4. The van der Waals surface area contributed by atoms with Crippen LogP contribution in [0.15, 0.2) is 59.0 Å². The molecule has 0 saturated heterocycles. The van der Waals surface area contributed by atoms with Gasteiger partial charge in [-0.3, -0.25) is 14.3 Å². The minimum atomic E-state index is -3.37. The largest absolute Gasteiger partial charge is 0.491 e. The molecule has 3 aliphatic rings. The number of carbonyl (C=O) groups excluding carboxylic acids is 2. The number of allylic oxidation sites excluding steroid dienone is 1. The SMILES string of the molecule is CCC(=O)NS1(=O)=NC(=O)c2ccc3c(c2)N(C[C@@H](CCCc2cccc(Cl)c2)CO3)C[C@@H]2CC[C@H]2[C@@H](OC)/C=C/CC[C@H]1CC. The third-order valence-electron chi connectivity index (χ3n) is 9.78. The summed E-state index contributed by atoms with van der Waals surface area (Å²) in [5, 5.41) is 0.281. The molecule has 1 aliphatic carbocycles. The van der Waals surface area contributed by atoms with Gasteiger partial charge in [0.05, 0.1) is 23.6 Å². The zero-order valence-electron chi connectivity index (χ0n) is 27.3. The molecule has 1 unspecified atom stereocenters. The molecular weight excluding hydrogens is 622 g/mol. The van der Waals surface area contributed by atoms with E-state index in [-0.39, 0.29) is 18.4 Å². The van der Waals surface area contributed by atoms with Gasteiger partial charge in [0.2, 0.25) is 5.91 Å². The van der Waals surface area contributed by atoms with E-state index in [1.54, 1.807) is 20.1 Å². The number of benzene rings is 2. The fourth-order valence-electron chi connectivity index (χ4n) is 6.95. The molecule has 2 aliphatic heterocycles. The number of aryl methyl sites for hydroxylation is 1. The monoisotopic (exact) mass is 669 g/mol. The summed E-state index contributed by atoms with van der Waals surface area (Å²) in [6.07, 6.45) is 11.2. The van der Waals surface area contributed by atoms with Crippen molar-refractivity contribution in [1.82, 2.24) is 4.72 Å². The summed E-state index contributed by atoms with van der Waals surface area (Å²) in [4.78, 5) is 28.6. The number of hydrogen-bond acceptors (Lipinski definition) is 6. The molecule has 5 rings (SSSR count). The van der Waals surface area contributed by atoms with E-state index in [9.17, 15) is 13.8 Å². The first kappa shape index (κ1) is 34.5. The van der Waals surface area contributed by atoms with Crippen molar-refractivity contribution in [3.05, 3.63) is 70.8 Å². The number of nitrogens with zero attached hydrogens (tertiary/aromatic N) is 2. The van der Waals surface area contributed by atoms with Crippen LogP contribution in [0.1, 0.15) is 81.1 Å². The number of methoxy groups -OCH3 is 1. The van der Waals surface area contributed by atoms with E-state index in [4.69, 9.17) is 21.1 Å². The average molecular weight is 670 g/mol. The van der Waals surface area contributed by atoms with Crippen LogP contribution in [0.4, 0.5) is 5.69 Å². The first-order valence-electron chi connectivity index (χ1n) is 16.8. The first-order chi connectivity index (χ1) is 22.2. The Morgan fingerprint density at radius 2 is 2.00 bits per heavy atom. The molecule has 0 radical (unpaired) electrons. The molecule has 6 atom stereocenters. The van der Waals surface area contributed by atoms with Crippen LogP contribution in [-0.2, 0) is 25.9 Å². The van der Waals surface area contributed by atoms with Crippen molar-refractivity contribution in [2.75, 3.05) is 31.7 Å². The number of ether oxygens (including phenoxy) is 2. The molecule has 10 heteroatoms. The average Bonchev–Trinajstić information content (AvgIpc) is 3.20. The Morgan fingerprint density at radius 1 is 1.15 bits per heavy atom. The van der Waals surface area contributed by atoms with Crippen LogP contribution < -0.4 is 14.4 Å². The molecule has 1 N–H and O–H groups in total. The normalized spacial score (nSPS) is 28.9. The number of carbonyl (C=O) groups is 2. The van der Waals surface area contributed by atoms with Crippen molar-refractivity contribution >= 4 is 39.0 Å². The van der Waals surface area contributed by atoms with Crippen molar-refractivity contribution in [1.29, 1.82) is 0 Å². The summed E-state index contributed by atoms with van der Waals surface area (Å²) in [7, 11) is -1.60. The van der Waals surface area contributed by atoms with Crippen LogP contribution in [0.2, 0.25) is 5.02 Å². The van der Waals surface area contributed by atoms with E-state index in [1.807, 2.05) is 37.3 Å². The number of amides is 2. The Bertz CT molecular complexity index is 1540. The van der Waals surface area contributed by atoms with Gasteiger partial charge < -0.3 is 14.4 Å². The highest BCUT2D eigenvalue weighted by molar-refractivity contribution is 7.93. The minimum absolute atomic E-state index is 0.00956. The second-order valence-corrected chi connectivity index (χ2v) is 15.5. The van der Waals surface area contributed by atoms with E-state index in [2.05, 4.69) is 32.2 Å². The van der Waals surface area contributed by atoms with Crippen LogP contribution in [-0.4, -0.2) is 54.2 Å². The van der Waals surface area contributed by atoms with Gasteiger partial charge >= 0.3 is 0 Å². The van der Waals surface area contributed by atoms with Gasteiger partial charge in [-0.25, -0.2) is 4.21 Å². The molecule has 0 aromatic heterocycles. The number of rotatable bonds is 8. The van der Waals surface area contributed by atoms with Gasteiger partial charge in [0.25, 0.3) is 5.91 Å². The second-order valence-electron chi connectivity index (χ2n) is 12.9. The molecule has 2 heterocycles. The predicted octanol–water partition coefficient (Wildman–Crippen LogP) is 7.40. The van der Waals surface area contributed by atoms with Crippen molar-refractivity contribution in [3.8, 4) is 5.75 Å². The van der Waals surface area contributed by atoms with Gasteiger partial charge in [0.1, 0.15) is 15.7 Å². The highest BCUT2D eigenvalue weighted by atomic mass is 35.5. The molecule has 2 bridgehead atoms. The molecular formula is C36H48ClN3O5S. The molecule has 2 aromatic rings. The van der Waals surface area contributed by atoms with E-state index in [0.717, 1.165) is 61.7 Å². The quantitative estimate of drug-likeness (QED) is 0.294. The molecule has 8 nitrogen and oxygen atoms in total. The van der Waals surface area contributed by atoms with Gasteiger partial charge in [0, 0.05) is 43.1 Å².